The second kappa shape index (κ2) is 10.1. The highest BCUT2D eigenvalue weighted by Gasteiger charge is 2.08. The number of carbonyl (C=O) groups is 2. The maximum atomic E-state index is 12.1. The molecule has 0 atom stereocenters. The van der Waals surface area contributed by atoms with Crippen molar-refractivity contribution >= 4 is 23.6 Å². The van der Waals surface area contributed by atoms with Gasteiger partial charge in [0.2, 0.25) is 0 Å². The fraction of sp³-hybridized carbons (Fsp3) is 0.200. The number of ether oxygens (including phenoxy) is 2. The first-order valence-corrected chi connectivity index (χ1v) is 8.25. The normalized spacial score (nSPS) is 10.8. The van der Waals surface area contributed by atoms with Gasteiger partial charge in [0.05, 0.1) is 0 Å². The maximum Gasteiger partial charge on any atom is 0.387 e. The molecule has 0 aromatic heterocycles. The van der Waals surface area contributed by atoms with Gasteiger partial charge in [-0.15, -0.1) is 0 Å². The van der Waals surface area contributed by atoms with Crippen LogP contribution in [0.2, 0.25) is 0 Å². The molecule has 2 aromatic rings. The van der Waals surface area contributed by atoms with Crippen LogP contribution in [0.1, 0.15) is 18.1 Å². The van der Waals surface area contributed by atoms with Crippen molar-refractivity contribution in [3.8, 4) is 5.75 Å². The van der Waals surface area contributed by atoms with Crippen molar-refractivity contribution in [3.63, 3.8) is 0 Å². The maximum absolute atomic E-state index is 12.1. The average Bonchev–Trinajstić information content (AvgIpc) is 2.66. The lowest BCUT2D eigenvalue weighted by Crippen LogP contribution is -2.20. The minimum Gasteiger partial charge on any atom is -0.452 e. The third kappa shape index (κ3) is 6.89. The van der Waals surface area contributed by atoms with Gasteiger partial charge in [0.1, 0.15) is 5.75 Å². The molecule has 0 heterocycles. The van der Waals surface area contributed by atoms with Crippen LogP contribution in [-0.2, 0) is 20.7 Å². The zero-order chi connectivity index (χ0) is 19.6. The van der Waals surface area contributed by atoms with Crippen LogP contribution in [0.5, 0.6) is 5.75 Å². The number of hydrogen-bond acceptors (Lipinski definition) is 4. The Hall–Kier alpha value is -3.22. The number of carbonyl (C=O) groups excluding carboxylic acids is 2. The molecule has 7 heteroatoms. The summed E-state index contributed by atoms with van der Waals surface area (Å²) >= 11 is 0. The Morgan fingerprint density at radius 3 is 2.48 bits per heavy atom. The Bertz CT molecular complexity index is 804. The Morgan fingerprint density at radius 2 is 1.81 bits per heavy atom. The van der Waals surface area contributed by atoms with Crippen LogP contribution in [0, 0.1) is 0 Å². The van der Waals surface area contributed by atoms with Gasteiger partial charge in [-0.25, -0.2) is 4.79 Å². The fourth-order valence-electron chi connectivity index (χ4n) is 2.25. The molecule has 1 N–H and O–H groups in total. The minimum absolute atomic E-state index is 0.0220. The highest BCUT2D eigenvalue weighted by atomic mass is 19.3. The van der Waals surface area contributed by atoms with Crippen molar-refractivity contribution in [2.75, 3.05) is 11.9 Å². The molecular formula is C20H19F2NO4. The van der Waals surface area contributed by atoms with E-state index in [1.165, 1.54) is 30.3 Å². The molecule has 0 radical (unpaired) electrons. The second-order valence-electron chi connectivity index (χ2n) is 5.45. The molecular weight excluding hydrogens is 356 g/mol. The van der Waals surface area contributed by atoms with E-state index in [0.29, 0.717) is 11.3 Å². The van der Waals surface area contributed by atoms with Crippen LogP contribution in [0.15, 0.2) is 54.6 Å². The summed E-state index contributed by atoms with van der Waals surface area (Å²) in [7, 11) is 0. The Kier molecular flexibility index (Phi) is 7.49. The zero-order valence-electron chi connectivity index (χ0n) is 14.7. The highest BCUT2D eigenvalue weighted by molar-refractivity contribution is 5.95. The van der Waals surface area contributed by atoms with E-state index in [9.17, 15) is 18.4 Å². The lowest BCUT2D eigenvalue weighted by atomic mass is 10.1. The number of halogens is 2. The summed E-state index contributed by atoms with van der Waals surface area (Å²) in [6.45, 7) is -1.33. The lowest BCUT2D eigenvalue weighted by Gasteiger charge is -2.09. The van der Waals surface area contributed by atoms with Gasteiger partial charge < -0.3 is 14.8 Å². The molecule has 0 saturated heterocycles. The molecule has 0 saturated carbocycles. The van der Waals surface area contributed by atoms with Crippen LogP contribution in [0.3, 0.4) is 0 Å². The first-order chi connectivity index (χ1) is 13.0. The summed E-state index contributed by atoms with van der Waals surface area (Å²) < 4.78 is 33.3. The number of benzene rings is 2. The molecule has 5 nitrogen and oxygen atoms in total. The van der Waals surface area contributed by atoms with Crippen molar-refractivity contribution in [2.45, 2.75) is 20.0 Å². The van der Waals surface area contributed by atoms with E-state index in [2.05, 4.69) is 10.1 Å². The fourth-order valence-corrected chi connectivity index (χ4v) is 2.25. The number of para-hydroxylation sites is 1. The number of nitrogens with one attached hydrogen (secondary N) is 1. The van der Waals surface area contributed by atoms with Crippen LogP contribution < -0.4 is 10.1 Å². The standard InChI is InChI=1S/C20H19F2NO4/c1-2-15-5-3-4-6-17(15)23-18(24)13-26-19(25)12-9-14-7-10-16(11-8-14)27-20(21)22/h3-12,20H,2,13H2,1H3,(H,23,24). The van der Waals surface area contributed by atoms with Gasteiger partial charge in [-0.2, -0.15) is 8.78 Å². The number of esters is 1. The molecule has 1 amide bonds. The van der Waals surface area contributed by atoms with Crippen molar-refractivity contribution in [3.05, 3.63) is 65.7 Å². The SMILES string of the molecule is CCc1ccccc1NC(=O)COC(=O)C=Cc1ccc(OC(F)F)cc1. The van der Waals surface area contributed by atoms with E-state index in [4.69, 9.17) is 4.74 Å². The first-order valence-electron chi connectivity index (χ1n) is 8.25. The van der Waals surface area contributed by atoms with E-state index < -0.39 is 25.1 Å². The van der Waals surface area contributed by atoms with Gasteiger partial charge >= 0.3 is 12.6 Å². The van der Waals surface area contributed by atoms with Gasteiger partial charge in [-0.05, 0) is 41.8 Å². The van der Waals surface area contributed by atoms with Gasteiger partial charge in [-0.1, -0.05) is 37.3 Å². The second-order valence-corrected chi connectivity index (χ2v) is 5.45. The molecule has 0 aliphatic rings. The van der Waals surface area contributed by atoms with Crippen LogP contribution in [-0.4, -0.2) is 25.1 Å². The minimum atomic E-state index is -2.89. The number of anilines is 1. The lowest BCUT2D eigenvalue weighted by molar-refractivity contribution is -0.142. The van der Waals surface area contributed by atoms with E-state index in [0.717, 1.165) is 18.1 Å². The molecule has 142 valence electrons. The van der Waals surface area contributed by atoms with Gasteiger partial charge in [0.25, 0.3) is 5.91 Å². The molecule has 0 aliphatic heterocycles. The quantitative estimate of drug-likeness (QED) is 0.559. The Morgan fingerprint density at radius 1 is 1.11 bits per heavy atom. The van der Waals surface area contributed by atoms with Crippen molar-refractivity contribution in [1.82, 2.24) is 0 Å². The molecule has 0 unspecified atom stereocenters. The van der Waals surface area contributed by atoms with E-state index in [1.807, 2.05) is 19.1 Å². The number of hydrogen-bond donors (Lipinski definition) is 1. The molecule has 27 heavy (non-hydrogen) atoms. The van der Waals surface area contributed by atoms with E-state index in [-0.39, 0.29) is 5.75 Å². The van der Waals surface area contributed by atoms with Crippen molar-refractivity contribution < 1.29 is 27.8 Å². The van der Waals surface area contributed by atoms with E-state index >= 15 is 0 Å². The van der Waals surface area contributed by atoms with Gasteiger partial charge in [0, 0.05) is 11.8 Å². The van der Waals surface area contributed by atoms with Crippen LogP contribution >= 0.6 is 0 Å². The van der Waals surface area contributed by atoms with Gasteiger partial charge in [0.15, 0.2) is 6.61 Å². The molecule has 0 spiro atoms. The summed E-state index contributed by atoms with van der Waals surface area (Å²) in [4.78, 5) is 23.6. The third-order valence-electron chi connectivity index (χ3n) is 3.54. The predicted molar refractivity (Wildman–Crippen MR) is 97.5 cm³/mol. The predicted octanol–water partition coefficient (Wildman–Crippen LogP) is 4.05. The Labute approximate surface area is 155 Å². The highest BCUT2D eigenvalue weighted by Crippen LogP contribution is 2.16. The van der Waals surface area contributed by atoms with E-state index in [1.54, 1.807) is 12.1 Å². The molecule has 0 aliphatic carbocycles. The molecule has 0 fully saturated rings. The summed E-state index contributed by atoms with van der Waals surface area (Å²) in [5, 5.41) is 2.70. The Balaban J connectivity index is 1.81. The smallest absolute Gasteiger partial charge is 0.387 e. The molecule has 0 bridgehead atoms. The van der Waals surface area contributed by atoms with Crippen LogP contribution in [0.25, 0.3) is 6.08 Å². The van der Waals surface area contributed by atoms with Crippen molar-refractivity contribution in [1.29, 1.82) is 0 Å². The zero-order valence-corrected chi connectivity index (χ0v) is 14.7. The van der Waals surface area contributed by atoms with Gasteiger partial charge in [-0.3, -0.25) is 4.79 Å². The molecule has 2 rings (SSSR count). The topological polar surface area (TPSA) is 64.6 Å². The number of rotatable bonds is 8. The average molecular weight is 375 g/mol. The third-order valence-corrected chi connectivity index (χ3v) is 3.54. The number of alkyl halides is 2. The first kappa shape index (κ1) is 20.1. The summed E-state index contributed by atoms with van der Waals surface area (Å²) in [6, 6.07) is 13.1. The van der Waals surface area contributed by atoms with Crippen LogP contribution in [0.4, 0.5) is 14.5 Å². The van der Waals surface area contributed by atoms with Crippen molar-refractivity contribution in [2.24, 2.45) is 0 Å². The number of aryl methyl sites for hydroxylation is 1. The summed E-state index contributed by atoms with van der Waals surface area (Å²) in [5.74, 6) is -1.11. The largest absolute Gasteiger partial charge is 0.452 e. The number of amides is 1. The monoisotopic (exact) mass is 375 g/mol. The summed E-state index contributed by atoms with van der Waals surface area (Å²) in [6.07, 6.45) is 3.36. The summed E-state index contributed by atoms with van der Waals surface area (Å²) in [5.41, 5.74) is 2.26. The molecule has 2 aromatic carbocycles.